The van der Waals surface area contributed by atoms with Crippen LogP contribution in [0.15, 0.2) is 18.2 Å². The van der Waals surface area contributed by atoms with Crippen molar-refractivity contribution < 1.29 is 24.2 Å². The average molecular weight is 347 g/mol. The molecule has 0 aromatic heterocycles. The van der Waals surface area contributed by atoms with E-state index in [9.17, 15) is 14.7 Å². The SMILES string of the molecule is COc1ccc(C2CNCC2(C(C)=O)C(=O)O)cc1OC1CCCC1. The van der Waals surface area contributed by atoms with Gasteiger partial charge in [-0.25, -0.2) is 0 Å². The average Bonchev–Trinajstić information content (AvgIpc) is 3.24. The van der Waals surface area contributed by atoms with E-state index in [2.05, 4.69) is 5.32 Å². The van der Waals surface area contributed by atoms with Crippen molar-refractivity contribution >= 4 is 11.8 Å². The first kappa shape index (κ1) is 17.7. The molecule has 25 heavy (non-hydrogen) atoms. The van der Waals surface area contributed by atoms with Crippen molar-refractivity contribution in [3.63, 3.8) is 0 Å². The van der Waals surface area contributed by atoms with Crippen LogP contribution in [-0.2, 0) is 9.59 Å². The number of rotatable bonds is 6. The van der Waals surface area contributed by atoms with Gasteiger partial charge in [-0.2, -0.15) is 0 Å². The number of hydrogen-bond donors (Lipinski definition) is 2. The van der Waals surface area contributed by atoms with Gasteiger partial charge in [0.2, 0.25) is 0 Å². The smallest absolute Gasteiger partial charge is 0.319 e. The van der Waals surface area contributed by atoms with Gasteiger partial charge in [0, 0.05) is 19.0 Å². The molecule has 3 rings (SSSR count). The first-order valence-electron chi connectivity index (χ1n) is 8.78. The fraction of sp³-hybridized carbons (Fsp3) is 0.579. The molecule has 6 nitrogen and oxygen atoms in total. The highest BCUT2D eigenvalue weighted by Crippen LogP contribution is 2.43. The molecule has 1 aliphatic carbocycles. The summed E-state index contributed by atoms with van der Waals surface area (Å²) in [6.45, 7) is 1.95. The van der Waals surface area contributed by atoms with Crippen molar-refractivity contribution in [2.75, 3.05) is 20.2 Å². The van der Waals surface area contributed by atoms with Gasteiger partial charge >= 0.3 is 5.97 Å². The van der Waals surface area contributed by atoms with Crippen molar-refractivity contribution in [2.24, 2.45) is 5.41 Å². The molecule has 0 radical (unpaired) electrons. The molecule has 2 atom stereocenters. The molecule has 6 heteroatoms. The third-order valence-corrected chi connectivity index (χ3v) is 5.54. The fourth-order valence-corrected chi connectivity index (χ4v) is 4.05. The number of ketones is 1. The van der Waals surface area contributed by atoms with E-state index in [0.29, 0.717) is 18.0 Å². The standard InChI is InChI=1S/C19H25NO5/c1-12(21)19(18(22)23)11-20-10-15(19)13-7-8-16(24-2)17(9-13)25-14-5-3-4-6-14/h7-9,14-15,20H,3-6,10-11H2,1-2H3,(H,22,23). The summed E-state index contributed by atoms with van der Waals surface area (Å²) in [6.07, 6.45) is 4.52. The van der Waals surface area contributed by atoms with Crippen LogP contribution < -0.4 is 14.8 Å². The van der Waals surface area contributed by atoms with Gasteiger partial charge in [0.1, 0.15) is 11.2 Å². The Morgan fingerprint density at radius 1 is 1.24 bits per heavy atom. The van der Waals surface area contributed by atoms with E-state index < -0.39 is 17.3 Å². The second-order valence-electron chi connectivity index (χ2n) is 6.95. The molecule has 0 spiro atoms. The van der Waals surface area contributed by atoms with Crippen molar-refractivity contribution in [3.05, 3.63) is 23.8 Å². The Kier molecular flexibility index (Phi) is 4.99. The van der Waals surface area contributed by atoms with Gasteiger partial charge in [0.25, 0.3) is 0 Å². The fourth-order valence-electron chi connectivity index (χ4n) is 4.05. The Morgan fingerprint density at radius 2 is 1.96 bits per heavy atom. The molecule has 2 fully saturated rings. The minimum absolute atomic E-state index is 0.146. The Hall–Kier alpha value is -2.08. The number of carboxylic acid groups (broad SMARTS) is 1. The number of ether oxygens (including phenoxy) is 2. The molecule has 2 N–H and O–H groups in total. The van der Waals surface area contributed by atoms with Crippen LogP contribution in [0.25, 0.3) is 0 Å². The third-order valence-electron chi connectivity index (χ3n) is 5.54. The summed E-state index contributed by atoms with van der Waals surface area (Å²) in [5, 5.41) is 12.8. The van der Waals surface area contributed by atoms with Crippen LogP contribution in [0.5, 0.6) is 11.5 Å². The first-order valence-corrected chi connectivity index (χ1v) is 8.78. The number of hydrogen-bond acceptors (Lipinski definition) is 5. The molecule has 1 saturated heterocycles. The number of carbonyl (C=O) groups is 2. The highest BCUT2D eigenvalue weighted by atomic mass is 16.5. The number of Topliss-reactive ketones (excluding diaryl/α,β-unsaturated/α-hetero) is 1. The Morgan fingerprint density at radius 3 is 2.56 bits per heavy atom. The quantitative estimate of drug-likeness (QED) is 0.769. The summed E-state index contributed by atoms with van der Waals surface area (Å²) < 4.78 is 11.5. The van der Waals surface area contributed by atoms with Crippen molar-refractivity contribution in [2.45, 2.75) is 44.6 Å². The highest BCUT2D eigenvalue weighted by Gasteiger charge is 2.54. The van der Waals surface area contributed by atoms with E-state index in [1.807, 2.05) is 12.1 Å². The minimum Gasteiger partial charge on any atom is -0.493 e. The predicted molar refractivity (Wildman–Crippen MR) is 92.2 cm³/mol. The van der Waals surface area contributed by atoms with Gasteiger partial charge < -0.3 is 19.9 Å². The second kappa shape index (κ2) is 7.04. The number of carboxylic acids is 1. The Bertz CT molecular complexity index is 652. The summed E-state index contributed by atoms with van der Waals surface area (Å²) >= 11 is 0. The molecule has 1 aromatic carbocycles. The largest absolute Gasteiger partial charge is 0.493 e. The van der Waals surface area contributed by atoms with Gasteiger partial charge in [-0.1, -0.05) is 6.07 Å². The molecule has 136 valence electrons. The molecule has 2 aliphatic rings. The van der Waals surface area contributed by atoms with Gasteiger partial charge in [0.15, 0.2) is 11.5 Å². The molecule has 1 aromatic rings. The van der Waals surface area contributed by atoms with Crippen LogP contribution in [0, 0.1) is 5.41 Å². The zero-order valence-electron chi connectivity index (χ0n) is 14.7. The van der Waals surface area contributed by atoms with E-state index >= 15 is 0 Å². The van der Waals surface area contributed by atoms with E-state index in [1.54, 1.807) is 13.2 Å². The zero-order chi connectivity index (χ0) is 18.0. The van der Waals surface area contributed by atoms with E-state index in [1.165, 1.54) is 6.92 Å². The minimum atomic E-state index is -1.43. The van der Waals surface area contributed by atoms with E-state index in [0.717, 1.165) is 31.2 Å². The third kappa shape index (κ3) is 3.11. The van der Waals surface area contributed by atoms with Gasteiger partial charge in [0.05, 0.1) is 13.2 Å². The second-order valence-corrected chi connectivity index (χ2v) is 6.95. The van der Waals surface area contributed by atoms with Crippen molar-refractivity contribution in [1.82, 2.24) is 5.32 Å². The summed E-state index contributed by atoms with van der Waals surface area (Å²) in [4.78, 5) is 24.1. The molecule has 1 saturated carbocycles. The van der Waals surface area contributed by atoms with Crippen molar-refractivity contribution in [3.8, 4) is 11.5 Å². The molecule has 0 bridgehead atoms. The maximum absolute atomic E-state index is 12.2. The Balaban J connectivity index is 1.96. The summed E-state index contributed by atoms with van der Waals surface area (Å²) in [6, 6.07) is 5.47. The number of benzene rings is 1. The topological polar surface area (TPSA) is 84.9 Å². The molecule has 1 aliphatic heterocycles. The molecular formula is C19H25NO5. The van der Waals surface area contributed by atoms with Crippen molar-refractivity contribution in [1.29, 1.82) is 0 Å². The maximum Gasteiger partial charge on any atom is 0.319 e. The van der Waals surface area contributed by atoms with Crippen LogP contribution in [0.4, 0.5) is 0 Å². The van der Waals surface area contributed by atoms with Gasteiger partial charge in [-0.05, 0) is 50.3 Å². The molecule has 1 heterocycles. The molecular weight excluding hydrogens is 322 g/mol. The lowest BCUT2D eigenvalue weighted by Gasteiger charge is -2.28. The van der Waals surface area contributed by atoms with Gasteiger partial charge in [-0.3, -0.25) is 9.59 Å². The number of carbonyl (C=O) groups excluding carboxylic acids is 1. The maximum atomic E-state index is 12.2. The number of methoxy groups -OCH3 is 1. The number of aliphatic carboxylic acids is 1. The van der Waals surface area contributed by atoms with E-state index in [4.69, 9.17) is 9.47 Å². The molecule has 2 unspecified atom stereocenters. The van der Waals surface area contributed by atoms with Gasteiger partial charge in [-0.15, -0.1) is 0 Å². The lowest BCUT2D eigenvalue weighted by molar-refractivity contribution is -0.153. The monoisotopic (exact) mass is 347 g/mol. The Labute approximate surface area is 147 Å². The van der Waals surface area contributed by atoms with E-state index in [-0.39, 0.29) is 18.4 Å². The number of nitrogens with one attached hydrogen (secondary N) is 1. The van der Waals surface area contributed by atoms with Crippen LogP contribution in [0.3, 0.4) is 0 Å². The summed E-state index contributed by atoms with van der Waals surface area (Å²) in [5.41, 5.74) is -0.643. The van der Waals surface area contributed by atoms with Crippen LogP contribution in [-0.4, -0.2) is 43.2 Å². The highest BCUT2D eigenvalue weighted by molar-refractivity contribution is 6.04. The molecule has 0 amide bonds. The van der Waals surface area contributed by atoms with Crippen LogP contribution in [0.2, 0.25) is 0 Å². The summed E-state index contributed by atoms with van der Waals surface area (Å²) in [5.74, 6) is -0.584. The van der Waals surface area contributed by atoms with Crippen LogP contribution >= 0.6 is 0 Å². The first-order chi connectivity index (χ1) is 12.0. The zero-order valence-corrected chi connectivity index (χ0v) is 14.7. The predicted octanol–water partition coefficient (Wildman–Crippen LogP) is 2.36. The van der Waals surface area contributed by atoms with Crippen LogP contribution in [0.1, 0.15) is 44.1 Å². The summed E-state index contributed by atoms with van der Waals surface area (Å²) in [7, 11) is 1.59. The normalized spacial score (nSPS) is 26.6. The lowest BCUT2D eigenvalue weighted by atomic mass is 9.72. The lowest BCUT2D eigenvalue weighted by Crippen LogP contribution is -2.43.